The van der Waals surface area contributed by atoms with Gasteiger partial charge in [0.25, 0.3) is 0 Å². The molecule has 4 rings (SSSR count). The maximum Gasteiger partial charge on any atom is 0.412 e. The second-order valence-electron chi connectivity index (χ2n) is 5.37. The van der Waals surface area contributed by atoms with Gasteiger partial charge >= 0.3 is 6.09 Å². The number of carbonyl (C=O) groups is 1. The standard InChI is InChI=1S/C14H17ClN2O2/c15-11-2-1-3-12(8-11)16-14(18)19-13-9-17-6-4-10(13)5-7-17/h1-3,8,10,13H,4-7,9H2,(H,16,18)/p+1/t13-/m0/s1. The van der Waals surface area contributed by atoms with Crippen LogP contribution in [0.15, 0.2) is 24.3 Å². The van der Waals surface area contributed by atoms with Crippen molar-refractivity contribution in [1.82, 2.24) is 0 Å². The summed E-state index contributed by atoms with van der Waals surface area (Å²) in [5.74, 6) is 0.544. The van der Waals surface area contributed by atoms with Crippen molar-refractivity contribution >= 4 is 23.4 Å². The Hall–Kier alpha value is -1.26. The van der Waals surface area contributed by atoms with Crippen LogP contribution in [0.25, 0.3) is 0 Å². The van der Waals surface area contributed by atoms with E-state index < -0.39 is 0 Å². The number of nitrogens with one attached hydrogen (secondary N) is 2. The van der Waals surface area contributed by atoms with E-state index in [4.69, 9.17) is 16.3 Å². The molecule has 0 saturated carbocycles. The van der Waals surface area contributed by atoms with Crippen molar-refractivity contribution in [2.45, 2.75) is 18.9 Å². The molecule has 3 saturated heterocycles. The number of benzene rings is 1. The normalized spacial score (nSPS) is 29.0. The average molecular weight is 282 g/mol. The van der Waals surface area contributed by atoms with Gasteiger partial charge in [0.05, 0.1) is 13.1 Å². The van der Waals surface area contributed by atoms with E-state index in [0.29, 0.717) is 16.6 Å². The van der Waals surface area contributed by atoms with Gasteiger partial charge in [-0.05, 0) is 18.2 Å². The van der Waals surface area contributed by atoms with Crippen molar-refractivity contribution in [3.05, 3.63) is 29.3 Å². The van der Waals surface area contributed by atoms with Crippen molar-refractivity contribution in [3.63, 3.8) is 0 Å². The predicted octanol–water partition coefficient (Wildman–Crippen LogP) is 1.57. The largest absolute Gasteiger partial charge is 0.440 e. The molecular formula is C14H18ClN2O2+. The predicted molar refractivity (Wildman–Crippen MR) is 73.6 cm³/mol. The van der Waals surface area contributed by atoms with Crippen molar-refractivity contribution in [3.8, 4) is 0 Å². The van der Waals surface area contributed by atoms with Gasteiger partial charge in [-0.2, -0.15) is 0 Å². The molecule has 0 aliphatic carbocycles. The number of anilines is 1. The maximum atomic E-state index is 11.9. The molecule has 102 valence electrons. The number of halogens is 1. The lowest BCUT2D eigenvalue weighted by Gasteiger charge is -2.40. The molecule has 19 heavy (non-hydrogen) atoms. The van der Waals surface area contributed by atoms with Crippen LogP contribution in [-0.4, -0.2) is 31.8 Å². The first kappa shape index (κ1) is 12.8. The Morgan fingerprint density at radius 3 is 2.79 bits per heavy atom. The van der Waals surface area contributed by atoms with Gasteiger partial charge in [0.1, 0.15) is 6.54 Å². The summed E-state index contributed by atoms with van der Waals surface area (Å²) in [6.07, 6.45) is 2.03. The number of rotatable bonds is 2. The summed E-state index contributed by atoms with van der Waals surface area (Å²) in [6, 6.07) is 7.09. The molecule has 3 aliphatic heterocycles. The highest BCUT2D eigenvalue weighted by atomic mass is 35.5. The zero-order valence-corrected chi connectivity index (χ0v) is 11.5. The zero-order valence-electron chi connectivity index (χ0n) is 10.7. The topological polar surface area (TPSA) is 42.8 Å². The molecule has 0 unspecified atom stereocenters. The molecule has 0 aromatic heterocycles. The number of piperidine rings is 3. The van der Waals surface area contributed by atoms with Crippen LogP contribution in [0.1, 0.15) is 12.8 Å². The van der Waals surface area contributed by atoms with Crippen LogP contribution < -0.4 is 10.2 Å². The van der Waals surface area contributed by atoms with Crippen LogP contribution >= 0.6 is 11.6 Å². The van der Waals surface area contributed by atoms with Gasteiger partial charge in [-0.1, -0.05) is 17.7 Å². The third kappa shape index (κ3) is 3.01. The van der Waals surface area contributed by atoms with E-state index in [2.05, 4.69) is 5.32 Å². The van der Waals surface area contributed by atoms with Crippen molar-refractivity contribution < 1.29 is 14.4 Å². The monoisotopic (exact) mass is 281 g/mol. The molecule has 3 fully saturated rings. The molecule has 2 N–H and O–H groups in total. The lowest BCUT2D eigenvalue weighted by molar-refractivity contribution is -0.920. The van der Waals surface area contributed by atoms with Crippen LogP contribution in [0.4, 0.5) is 10.5 Å². The maximum absolute atomic E-state index is 11.9. The van der Waals surface area contributed by atoms with Gasteiger partial charge in [0, 0.05) is 29.5 Å². The lowest BCUT2D eigenvalue weighted by Crippen LogP contribution is -3.16. The number of hydrogen-bond acceptors (Lipinski definition) is 2. The number of quaternary nitrogens is 1. The summed E-state index contributed by atoms with van der Waals surface area (Å²) >= 11 is 5.88. The van der Waals surface area contributed by atoms with Crippen molar-refractivity contribution in [2.75, 3.05) is 25.0 Å². The number of fused-ring (bicyclic) bond motifs is 3. The zero-order chi connectivity index (χ0) is 13.2. The molecule has 1 aromatic rings. The first-order chi connectivity index (χ1) is 9.20. The van der Waals surface area contributed by atoms with Crippen LogP contribution in [0.2, 0.25) is 5.02 Å². The number of ether oxygens (including phenoxy) is 1. The van der Waals surface area contributed by atoms with E-state index in [-0.39, 0.29) is 12.2 Å². The smallest absolute Gasteiger partial charge is 0.412 e. The Kier molecular flexibility index (Phi) is 3.62. The number of amides is 1. The molecular weight excluding hydrogens is 264 g/mol. The highest BCUT2D eigenvalue weighted by Crippen LogP contribution is 2.22. The minimum absolute atomic E-state index is 0.0664. The highest BCUT2D eigenvalue weighted by Gasteiger charge is 2.39. The minimum Gasteiger partial charge on any atom is -0.440 e. The SMILES string of the molecule is O=C(Nc1cccc(Cl)c1)O[C@H]1C[NH+]2CCC1CC2. The summed E-state index contributed by atoms with van der Waals surface area (Å²) in [4.78, 5) is 13.4. The summed E-state index contributed by atoms with van der Waals surface area (Å²) in [6.45, 7) is 3.40. The second kappa shape index (κ2) is 5.39. The van der Waals surface area contributed by atoms with E-state index in [1.54, 1.807) is 29.2 Å². The Bertz CT molecular complexity index is 472. The fourth-order valence-corrected chi connectivity index (χ4v) is 3.25. The van der Waals surface area contributed by atoms with Crippen LogP contribution in [0.3, 0.4) is 0 Å². The average Bonchev–Trinajstić information content (AvgIpc) is 2.40. The lowest BCUT2D eigenvalue weighted by atomic mass is 9.86. The van der Waals surface area contributed by atoms with Gasteiger partial charge in [-0.15, -0.1) is 0 Å². The summed E-state index contributed by atoms with van der Waals surface area (Å²) < 4.78 is 5.56. The van der Waals surface area contributed by atoms with E-state index in [9.17, 15) is 4.79 Å². The summed E-state index contributed by atoms with van der Waals surface area (Å²) in [7, 11) is 0. The third-order valence-corrected chi connectivity index (χ3v) is 4.32. The van der Waals surface area contributed by atoms with E-state index >= 15 is 0 Å². The van der Waals surface area contributed by atoms with Gasteiger partial charge in [-0.25, -0.2) is 4.79 Å². The van der Waals surface area contributed by atoms with Gasteiger partial charge in [0.2, 0.25) is 0 Å². The quantitative estimate of drug-likeness (QED) is 0.864. The Balaban J connectivity index is 1.57. The van der Waals surface area contributed by atoms with Crippen molar-refractivity contribution in [2.24, 2.45) is 5.92 Å². The van der Waals surface area contributed by atoms with Crippen LogP contribution in [0.5, 0.6) is 0 Å². The molecule has 3 heterocycles. The fraction of sp³-hybridized carbons (Fsp3) is 0.500. The highest BCUT2D eigenvalue weighted by molar-refractivity contribution is 6.30. The summed E-state index contributed by atoms with van der Waals surface area (Å²) in [5, 5.41) is 3.34. The van der Waals surface area contributed by atoms with E-state index in [0.717, 1.165) is 6.54 Å². The molecule has 1 aromatic carbocycles. The van der Waals surface area contributed by atoms with Gasteiger partial charge in [-0.3, -0.25) is 5.32 Å². The molecule has 1 atom stereocenters. The Morgan fingerprint density at radius 2 is 2.16 bits per heavy atom. The van der Waals surface area contributed by atoms with Gasteiger partial charge in [0.15, 0.2) is 6.10 Å². The Morgan fingerprint density at radius 1 is 1.37 bits per heavy atom. The molecule has 1 amide bonds. The minimum atomic E-state index is -0.375. The molecule has 3 aliphatic rings. The molecule has 2 bridgehead atoms. The van der Waals surface area contributed by atoms with Crippen molar-refractivity contribution in [1.29, 1.82) is 0 Å². The molecule has 0 radical (unpaired) electrons. The number of hydrogen-bond donors (Lipinski definition) is 2. The molecule has 5 heteroatoms. The molecule has 4 nitrogen and oxygen atoms in total. The summed E-state index contributed by atoms with van der Waals surface area (Å²) in [5.41, 5.74) is 0.672. The van der Waals surface area contributed by atoms with E-state index in [1.165, 1.54) is 25.9 Å². The van der Waals surface area contributed by atoms with Crippen LogP contribution in [-0.2, 0) is 4.74 Å². The van der Waals surface area contributed by atoms with Gasteiger partial charge < -0.3 is 9.64 Å². The second-order valence-corrected chi connectivity index (χ2v) is 5.81. The fourth-order valence-electron chi connectivity index (χ4n) is 3.06. The number of carbonyl (C=O) groups excluding carboxylic acids is 1. The third-order valence-electron chi connectivity index (χ3n) is 4.08. The Labute approximate surface area is 117 Å². The van der Waals surface area contributed by atoms with Crippen LogP contribution in [0, 0.1) is 5.92 Å². The first-order valence-corrected chi connectivity index (χ1v) is 7.15. The van der Waals surface area contributed by atoms with E-state index in [1.807, 2.05) is 0 Å². The first-order valence-electron chi connectivity index (χ1n) is 6.77. The molecule has 0 spiro atoms.